The molecule has 5 rings (SSSR count). The summed E-state index contributed by atoms with van der Waals surface area (Å²) in [5.41, 5.74) is 1.14. The number of hydrogen-bond acceptors (Lipinski definition) is 7. The zero-order valence-electron chi connectivity index (χ0n) is 19.2. The summed E-state index contributed by atoms with van der Waals surface area (Å²) in [6.07, 6.45) is 3.28. The SMILES string of the molecule is CO[C@@]12CC[C@H](NCC(=O)OC(C)(C)C)[C@@H]3Oc4c(O)ccc5c4[C@@]31CCN(C)[C@@H]2C5. The number of phenolic OH excluding ortho intramolecular Hbond substituents is 1. The summed E-state index contributed by atoms with van der Waals surface area (Å²) in [5, 5.41) is 14.1. The molecule has 2 N–H and O–H groups in total. The Labute approximate surface area is 184 Å². The van der Waals surface area contributed by atoms with Gasteiger partial charge < -0.3 is 29.5 Å². The number of piperidine rings is 1. The molecule has 1 spiro atoms. The zero-order chi connectivity index (χ0) is 22.2. The van der Waals surface area contributed by atoms with Crippen molar-refractivity contribution in [2.75, 3.05) is 27.2 Å². The maximum atomic E-state index is 12.4. The van der Waals surface area contributed by atoms with Gasteiger partial charge in [-0.3, -0.25) is 4.79 Å². The van der Waals surface area contributed by atoms with Gasteiger partial charge in [0.05, 0.1) is 17.6 Å². The van der Waals surface area contributed by atoms with Crippen molar-refractivity contribution >= 4 is 5.97 Å². The number of rotatable bonds is 4. The monoisotopic (exact) mass is 430 g/mol. The third kappa shape index (κ3) is 2.79. The van der Waals surface area contributed by atoms with Crippen molar-refractivity contribution in [2.45, 2.75) is 81.3 Å². The Balaban J connectivity index is 1.54. The minimum atomic E-state index is -0.513. The molecular weight excluding hydrogens is 396 g/mol. The number of nitrogens with one attached hydrogen (secondary N) is 1. The van der Waals surface area contributed by atoms with Gasteiger partial charge in [-0.05, 0) is 71.7 Å². The fourth-order valence-corrected chi connectivity index (χ4v) is 6.94. The van der Waals surface area contributed by atoms with E-state index in [-0.39, 0.29) is 47.5 Å². The molecule has 2 aliphatic carbocycles. The van der Waals surface area contributed by atoms with E-state index >= 15 is 0 Å². The van der Waals surface area contributed by atoms with Gasteiger partial charge >= 0.3 is 5.97 Å². The van der Waals surface area contributed by atoms with Gasteiger partial charge in [-0.25, -0.2) is 0 Å². The van der Waals surface area contributed by atoms with E-state index in [1.54, 1.807) is 6.07 Å². The first-order valence-electron chi connectivity index (χ1n) is 11.4. The molecule has 1 aromatic rings. The highest BCUT2D eigenvalue weighted by Gasteiger charge is 2.73. The van der Waals surface area contributed by atoms with Crippen molar-refractivity contribution in [3.05, 3.63) is 23.3 Å². The van der Waals surface area contributed by atoms with Crippen LogP contribution in [0.2, 0.25) is 0 Å². The predicted octanol–water partition coefficient (Wildman–Crippen LogP) is 2.13. The number of likely N-dealkylation sites (N-methyl/N-ethyl adjacent to an activating group) is 1. The minimum Gasteiger partial charge on any atom is -0.504 e. The van der Waals surface area contributed by atoms with E-state index in [2.05, 4.69) is 17.3 Å². The number of phenols is 1. The molecular formula is C24H34N2O5. The number of aromatic hydroxyl groups is 1. The molecule has 170 valence electrons. The van der Waals surface area contributed by atoms with Crippen LogP contribution in [0.15, 0.2) is 12.1 Å². The molecule has 1 saturated heterocycles. The lowest BCUT2D eigenvalue weighted by atomic mass is 9.48. The molecule has 7 heteroatoms. The summed E-state index contributed by atoms with van der Waals surface area (Å²) in [4.78, 5) is 14.8. The van der Waals surface area contributed by atoms with Gasteiger partial charge in [-0.1, -0.05) is 6.07 Å². The number of carbonyl (C=O) groups excluding carboxylic acids is 1. The van der Waals surface area contributed by atoms with Crippen LogP contribution in [0.4, 0.5) is 0 Å². The first-order valence-corrected chi connectivity index (χ1v) is 11.4. The van der Waals surface area contributed by atoms with E-state index in [1.165, 1.54) is 5.56 Å². The largest absolute Gasteiger partial charge is 0.504 e. The summed E-state index contributed by atoms with van der Waals surface area (Å²) in [6, 6.07) is 4.02. The molecule has 1 saturated carbocycles. The van der Waals surface area contributed by atoms with E-state index in [0.717, 1.165) is 37.8 Å². The fraction of sp³-hybridized carbons (Fsp3) is 0.708. The zero-order valence-corrected chi connectivity index (χ0v) is 19.2. The van der Waals surface area contributed by atoms with Crippen molar-refractivity contribution in [3.63, 3.8) is 0 Å². The molecule has 31 heavy (non-hydrogen) atoms. The second kappa shape index (κ2) is 6.83. The van der Waals surface area contributed by atoms with Crippen LogP contribution in [0.25, 0.3) is 0 Å². The molecule has 4 aliphatic rings. The number of ether oxygens (including phenoxy) is 3. The molecule has 2 aliphatic heterocycles. The average Bonchev–Trinajstić information content (AvgIpc) is 3.05. The molecule has 2 bridgehead atoms. The Kier molecular flexibility index (Phi) is 4.64. The van der Waals surface area contributed by atoms with Crippen molar-refractivity contribution in [3.8, 4) is 11.5 Å². The third-order valence-corrected chi connectivity index (χ3v) is 7.98. The molecule has 2 fully saturated rings. The van der Waals surface area contributed by atoms with Crippen molar-refractivity contribution < 1.29 is 24.1 Å². The number of carbonyl (C=O) groups is 1. The highest BCUT2D eigenvalue weighted by atomic mass is 16.6. The maximum absolute atomic E-state index is 12.4. The fourth-order valence-electron chi connectivity index (χ4n) is 6.94. The number of esters is 1. The van der Waals surface area contributed by atoms with Crippen LogP contribution in [0, 0.1) is 0 Å². The lowest BCUT2D eigenvalue weighted by Gasteiger charge is -2.65. The summed E-state index contributed by atoms with van der Waals surface area (Å²) >= 11 is 0. The van der Waals surface area contributed by atoms with Gasteiger partial charge in [-0.2, -0.15) is 0 Å². The minimum absolute atomic E-state index is 0.0300. The molecule has 5 atom stereocenters. The predicted molar refractivity (Wildman–Crippen MR) is 116 cm³/mol. The number of hydrogen-bond donors (Lipinski definition) is 2. The van der Waals surface area contributed by atoms with Gasteiger partial charge in [0.25, 0.3) is 0 Å². The maximum Gasteiger partial charge on any atom is 0.320 e. The van der Waals surface area contributed by atoms with E-state index in [9.17, 15) is 9.90 Å². The Morgan fingerprint density at radius 3 is 2.84 bits per heavy atom. The number of likely N-dealkylation sites (tertiary alicyclic amines) is 1. The number of benzene rings is 1. The van der Waals surface area contributed by atoms with Crippen LogP contribution in [-0.4, -0.2) is 72.6 Å². The van der Waals surface area contributed by atoms with Crippen molar-refractivity contribution in [1.29, 1.82) is 0 Å². The van der Waals surface area contributed by atoms with Crippen LogP contribution in [-0.2, 0) is 26.1 Å². The van der Waals surface area contributed by atoms with Gasteiger partial charge in [0, 0.05) is 24.8 Å². The van der Waals surface area contributed by atoms with E-state index in [4.69, 9.17) is 14.2 Å². The molecule has 0 aromatic heterocycles. The van der Waals surface area contributed by atoms with E-state index < -0.39 is 5.60 Å². The van der Waals surface area contributed by atoms with Crippen LogP contribution >= 0.6 is 0 Å². The Morgan fingerprint density at radius 2 is 2.13 bits per heavy atom. The summed E-state index contributed by atoms with van der Waals surface area (Å²) < 4.78 is 18.5. The first-order chi connectivity index (χ1) is 14.6. The Morgan fingerprint density at radius 1 is 1.35 bits per heavy atom. The van der Waals surface area contributed by atoms with Gasteiger partial charge in [0.2, 0.25) is 0 Å². The quantitative estimate of drug-likeness (QED) is 0.709. The summed E-state index contributed by atoms with van der Waals surface area (Å²) in [6.45, 7) is 6.71. The molecule has 1 aromatic carbocycles. The first kappa shape index (κ1) is 21.0. The van der Waals surface area contributed by atoms with Crippen LogP contribution in [0.1, 0.15) is 51.2 Å². The van der Waals surface area contributed by atoms with E-state index in [1.807, 2.05) is 33.9 Å². The van der Waals surface area contributed by atoms with Gasteiger partial charge in [0.15, 0.2) is 11.5 Å². The van der Waals surface area contributed by atoms with Crippen LogP contribution < -0.4 is 10.1 Å². The smallest absolute Gasteiger partial charge is 0.320 e. The van der Waals surface area contributed by atoms with Crippen LogP contribution in [0.3, 0.4) is 0 Å². The highest BCUT2D eigenvalue weighted by molar-refractivity contribution is 5.72. The highest BCUT2D eigenvalue weighted by Crippen LogP contribution is 2.66. The summed E-state index contributed by atoms with van der Waals surface area (Å²) in [5.74, 6) is 0.534. The average molecular weight is 431 g/mol. The second-order valence-corrected chi connectivity index (χ2v) is 10.6. The molecule has 7 nitrogen and oxygen atoms in total. The lowest BCUT2D eigenvalue weighted by molar-refractivity contribution is -0.203. The standard InChI is InChI=1S/C24H34N2O5/c1-22(2,3)31-18(28)13-25-15-8-9-24(29-5)17-12-14-6-7-16(27)20-19(14)23(24,21(15)30-20)10-11-26(17)4/h6-7,15,17,21,25,27H,8-13H2,1-5H3/t15-,17+,21-,23-,24+/m0/s1. The normalized spacial score (nSPS) is 36.0. The second-order valence-electron chi connectivity index (χ2n) is 10.6. The Hall–Kier alpha value is -1.83. The topological polar surface area (TPSA) is 80.3 Å². The molecule has 0 amide bonds. The van der Waals surface area contributed by atoms with Gasteiger partial charge in [-0.15, -0.1) is 0 Å². The summed E-state index contributed by atoms with van der Waals surface area (Å²) in [7, 11) is 4.01. The Bertz CT molecular complexity index is 912. The molecule has 2 heterocycles. The van der Waals surface area contributed by atoms with Crippen molar-refractivity contribution in [1.82, 2.24) is 10.2 Å². The number of nitrogens with zero attached hydrogens (tertiary/aromatic N) is 1. The number of methoxy groups -OCH3 is 1. The van der Waals surface area contributed by atoms with E-state index in [0.29, 0.717) is 5.75 Å². The molecule has 0 unspecified atom stereocenters. The van der Waals surface area contributed by atoms with Gasteiger partial charge in [0.1, 0.15) is 11.7 Å². The molecule has 0 radical (unpaired) electrons. The van der Waals surface area contributed by atoms with Crippen molar-refractivity contribution in [2.24, 2.45) is 0 Å². The van der Waals surface area contributed by atoms with Crippen LogP contribution in [0.5, 0.6) is 11.5 Å². The third-order valence-electron chi connectivity index (χ3n) is 7.98. The lowest BCUT2D eigenvalue weighted by Crippen LogP contribution is -2.78.